The van der Waals surface area contributed by atoms with E-state index in [0.29, 0.717) is 63.9 Å². The fourth-order valence-corrected chi connectivity index (χ4v) is 4.47. The second kappa shape index (κ2) is 10.7. The van der Waals surface area contributed by atoms with Crippen LogP contribution >= 0.6 is 0 Å². The van der Waals surface area contributed by atoms with E-state index in [1.165, 1.54) is 6.07 Å². The summed E-state index contributed by atoms with van der Waals surface area (Å²) in [5.74, 6) is -0.303. The number of anilines is 3. The van der Waals surface area contributed by atoms with Crippen molar-refractivity contribution >= 4 is 34.6 Å². The number of piperazine rings is 1. The molecule has 0 atom stereocenters. The zero-order valence-electron chi connectivity index (χ0n) is 20.1. The molecular formula is C25H31N5O5. The number of nitrogens with zero attached hydrogens (tertiary/aromatic N) is 4. The maximum Gasteiger partial charge on any atom is 0.293 e. The van der Waals surface area contributed by atoms with Gasteiger partial charge in [0.15, 0.2) is 0 Å². The topological polar surface area (TPSA) is 108 Å². The van der Waals surface area contributed by atoms with Gasteiger partial charge >= 0.3 is 0 Å². The standard InChI is InChI=1S/C25H31N5O5/c1-18(2)25(32)29-11-9-27(10-12-29)21-6-4-3-5-20(21)26-24(31)19-7-8-22(23(17-19)30(33)34)28-13-15-35-16-14-28/h3-8,17-18H,9-16H2,1-2H3,(H,26,31). The molecule has 0 radical (unpaired) electrons. The fourth-order valence-electron chi connectivity index (χ4n) is 4.47. The predicted octanol–water partition coefficient (Wildman–Crippen LogP) is 2.99. The van der Waals surface area contributed by atoms with E-state index >= 15 is 0 Å². The summed E-state index contributed by atoms with van der Waals surface area (Å²) in [5.41, 5.74) is 2.09. The van der Waals surface area contributed by atoms with Gasteiger partial charge in [0.2, 0.25) is 5.91 Å². The Bertz CT molecular complexity index is 1090. The van der Waals surface area contributed by atoms with Crippen LogP contribution in [0.5, 0.6) is 0 Å². The number of amides is 2. The second-order valence-electron chi connectivity index (χ2n) is 9.00. The Labute approximate surface area is 204 Å². The van der Waals surface area contributed by atoms with Crippen molar-refractivity contribution in [2.45, 2.75) is 13.8 Å². The summed E-state index contributed by atoms with van der Waals surface area (Å²) in [6, 6.07) is 12.1. The average Bonchev–Trinajstić information content (AvgIpc) is 2.88. The summed E-state index contributed by atoms with van der Waals surface area (Å²) >= 11 is 0. The lowest BCUT2D eigenvalue weighted by Gasteiger charge is -2.37. The molecule has 10 nitrogen and oxygen atoms in total. The lowest BCUT2D eigenvalue weighted by Crippen LogP contribution is -2.50. The van der Waals surface area contributed by atoms with Gasteiger partial charge in [0.25, 0.3) is 11.6 Å². The summed E-state index contributed by atoms with van der Waals surface area (Å²) in [6.45, 7) is 8.51. The van der Waals surface area contributed by atoms with Crippen LogP contribution in [0.3, 0.4) is 0 Å². The van der Waals surface area contributed by atoms with Crippen LogP contribution in [0.15, 0.2) is 42.5 Å². The quantitative estimate of drug-likeness (QED) is 0.499. The van der Waals surface area contributed by atoms with Crippen LogP contribution in [0.2, 0.25) is 0 Å². The highest BCUT2D eigenvalue weighted by atomic mass is 16.6. The lowest BCUT2D eigenvalue weighted by molar-refractivity contribution is -0.384. The number of nitro groups is 1. The average molecular weight is 482 g/mol. The molecule has 2 aliphatic heterocycles. The molecule has 2 fully saturated rings. The SMILES string of the molecule is CC(C)C(=O)N1CCN(c2ccccc2NC(=O)c2ccc(N3CCOCC3)c([N+](=O)[O-])c2)CC1. The minimum atomic E-state index is -0.451. The van der Waals surface area contributed by atoms with Gasteiger partial charge in [-0.1, -0.05) is 26.0 Å². The zero-order valence-corrected chi connectivity index (χ0v) is 20.1. The summed E-state index contributed by atoms with van der Waals surface area (Å²) in [5, 5.41) is 14.7. The van der Waals surface area contributed by atoms with Crippen molar-refractivity contribution in [3.05, 3.63) is 58.1 Å². The van der Waals surface area contributed by atoms with Crippen LogP contribution in [0.25, 0.3) is 0 Å². The number of para-hydroxylation sites is 2. The van der Waals surface area contributed by atoms with E-state index in [0.717, 1.165) is 5.69 Å². The molecule has 35 heavy (non-hydrogen) atoms. The molecule has 4 rings (SSSR count). The van der Waals surface area contributed by atoms with Gasteiger partial charge in [0.05, 0.1) is 29.5 Å². The first-order valence-electron chi connectivity index (χ1n) is 11.9. The van der Waals surface area contributed by atoms with E-state index < -0.39 is 10.8 Å². The van der Waals surface area contributed by atoms with Gasteiger partial charge < -0.3 is 24.8 Å². The van der Waals surface area contributed by atoms with Crippen molar-refractivity contribution < 1.29 is 19.2 Å². The minimum Gasteiger partial charge on any atom is -0.378 e. The van der Waals surface area contributed by atoms with Gasteiger partial charge in [-0.05, 0) is 24.3 Å². The smallest absolute Gasteiger partial charge is 0.293 e. The number of morpholine rings is 1. The fraction of sp³-hybridized carbons (Fsp3) is 0.440. The summed E-state index contributed by atoms with van der Waals surface area (Å²) in [6.07, 6.45) is 0. The number of carbonyl (C=O) groups is 2. The highest BCUT2D eigenvalue weighted by Crippen LogP contribution is 2.31. The van der Waals surface area contributed by atoms with E-state index in [1.807, 2.05) is 47.9 Å². The number of ether oxygens (including phenoxy) is 1. The van der Waals surface area contributed by atoms with Gasteiger partial charge in [-0.2, -0.15) is 0 Å². The van der Waals surface area contributed by atoms with Crippen molar-refractivity contribution in [3.8, 4) is 0 Å². The number of benzene rings is 2. The third-order valence-corrected chi connectivity index (χ3v) is 6.36. The number of carbonyl (C=O) groups excluding carboxylic acids is 2. The van der Waals surface area contributed by atoms with E-state index in [9.17, 15) is 19.7 Å². The Kier molecular flexibility index (Phi) is 7.50. The Morgan fingerprint density at radius 3 is 2.26 bits per heavy atom. The van der Waals surface area contributed by atoms with E-state index in [4.69, 9.17) is 4.74 Å². The monoisotopic (exact) mass is 481 g/mol. The number of hydrogen-bond acceptors (Lipinski definition) is 7. The Hall–Kier alpha value is -3.66. The van der Waals surface area contributed by atoms with Gasteiger partial charge in [-0.25, -0.2) is 0 Å². The molecule has 0 bridgehead atoms. The van der Waals surface area contributed by atoms with Crippen LogP contribution in [0, 0.1) is 16.0 Å². The molecule has 0 spiro atoms. The second-order valence-corrected chi connectivity index (χ2v) is 9.00. The number of rotatable bonds is 6. The van der Waals surface area contributed by atoms with Crippen LogP contribution in [0.1, 0.15) is 24.2 Å². The van der Waals surface area contributed by atoms with Gasteiger partial charge in [-0.15, -0.1) is 0 Å². The highest BCUT2D eigenvalue weighted by molar-refractivity contribution is 6.06. The van der Waals surface area contributed by atoms with Crippen LogP contribution in [0.4, 0.5) is 22.7 Å². The Morgan fingerprint density at radius 1 is 0.943 bits per heavy atom. The van der Waals surface area contributed by atoms with Crippen LogP contribution < -0.4 is 15.1 Å². The van der Waals surface area contributed by atoms with Gasteiger partial charge in [0, 0.05) is 56.8 Å². The molecule has 2 aromatic carbocycles. The van der Waals surface area contributed by atoms with Crippen molar-refractivity contribution in [3.63, 3.8) is 0 Å². The molecule has 1 N–H and O–H groups in total. The van der Waals surface area contributed by atoms with Crippen LogP contribution in [-0.4, -0.2) is 74.1 Å². The molecule has 2 amide bonds. The Balaban J connectivity index is 1.50. The lowest BCUT2D eigenvalue weighted by atomic mass is 10.1. The van der Waals surface area contributed by atoms with Gasteiger partial charge in [0.1, 0.15) is 5.69 Å². The van der Waals surface area contributed by atoms with Crippen LogP contribution in [-0.2, 0) is 9.53 Å². The Morgan fingerprint density at radius 2 is 1.60 bits per heavy atom. The third kappa shape index (κ3) is 5.54. The van der Waals surface area contributed by atoms with Crippen molar-refractivity contribution in [1.82, 2.24) is 4.90 Å². The van der Waals surface area contributed by atoms with E-state index in [-0.39, 0.29) is 23.1 Å². The molecule has 0 aromatic heterocycles. The maximum atomic E-state index is 13.1. The molecule has 2 saturated heterocycles. The predicted molar refractivity (Wildman–Crippen MR) is 134 cm³/mol. The van der Waals surface area contributed by atoms with Gasteiger partial charge in [-0.3, -0.25) is 19.7 Å². The first kappa shape index (κ1) is 24.5. The molecule has 0 saturated carbocycles. The molecule has 2 heterocycles. The molecular weight excluding hydrogens is 450 g/mol. The van der Waals surface area contributed by atoms with Crippen molar-refractivity contribution in [2.75, 3.05) is 67.6 Å². The maximum absolute atomic E-state index is 13.1. The van der Waals surface area contributed by atoms with Crippen molar-refractivity contribution in [2.24, 2.45) is 5.92 Å². The highest BCUT2D eigenvalue weighted by Gasteiger charge is 2.26. The molecule has 10 heteroatoms. The zero-order chi connectivity index (χ0) is 24.9. The first-order chi connectivity index (χ1) is 16.8. The molecule has 0 unspecified atom stereocenters. The third-order valence-electron chi connectivity index (χ3n) is 6.36. The van der Waals surface area contributed by atoms with E-state index in [2.05, 4.69) is 10.2 Å². The minimum absolute atomic E-state index is 0.0354. The summed E-state index contributed by atoms with van der Waals surface area (Å²) in [7, 11) is 0. The molecule has 0 aliphatic carbocycles. The first-order valence-corrected chi connectivity index (χ1v) is 11.9. The summed E-state index contributed by atoms with van der Waals surface area (Å²) in [4.78, 5) is 42.6. The number of hydrogen-bond donors (Lipinski definition) is 1. The molecule has 186 valence electrons. The summed E-state index contributed by atoms with van der Waals surface area (Å²) < 4.78 is 5.34. The number of nitrogens with one attached hydrogen (secondary N) is 1. The molecule has 2 aliphatic rings. The largest absolute Gasteiger partial charge is 0.378 e. The van der Waals surface area contributed by atoms with Crippen molar-refractivity contribution in [1.29, 1.82) is 0 Å². The molecule has 2 aromatic rings. The normalized spacial score (nSPS) is 16.4. The van der Waals surface area contributed by atoms with E-state index in [1.54, 1.807) is 12.1 Å². The number of nitro benzene ring substituents is 1.